The smallest absolute Gasteiger partial charge is 0.0948 e. The second kappa shape index (κ2) is 7.82. The summed E-state index contributed by atoms with van der Waals surface area (Å²) < 4.78 is 2.21. The van der Waals surface area contributed by atoms with Crippen molar-refractivity contribution in [3.05, 3.63) is 30.9 Å². The van der Waals surface area contributed by atoms with E-state index in [1.165, 1.54) is 69.8 Å². The molecule has 1 heterocycles. The molecular weight excluding hydrogens is 364 g/mol. The Kier molecular flexibility index (Phi) is 5.43. The lowest BCUT2D eigenvalue weighted by Crippen LogP contribution is -2.53. The quantitative estimate of drug-likeness (QED) is 0.461. The van der Waals surface area contributed by atoms with Crippen molar-refractivity contribution in [3.63, 3.8) is 0 Å². The fourth-order valence-corrected chi connectivity index (χ4v) is 9.41. The Morgan fingerprint density at radius 3 is 2.60 bits per heavy atom. The Morgan fingerprint density at radius 2 is 1.83 bits per heavy atom. The summed E-state index contributed by atoms with van der Waals surface area (Å²) in [6, 6.07) is 0. The van der Waals surface area contributed by atoms with Gasteiger partial charge in [0.2, 0.25) is 0 Å². The van der Waals surface area contributed by atoms with Crippen molar-refractivity contribution in [2.24, 2.45) is 46.3 Å². The van der Waals surface area contributed by atoms with Gasteiger partial charge in [-0.1, -0.05) is 45.8 Å². The van der Waals surface area contributed by atoms with Gasteiger partial charge in [-0.15, -0.1) is 0 Å². The van der Waals surface area contributed by atoms with Crippen LogP contribution in [0.3, 0.4) is 0 Å². The van der Waals surface area contributed by atoms with Gasteiger partial charge in [0.1, 0.15) is 0 Å². The average Bonchev–Trinajstić information content (AvgIpc) is 3.35. The van der Waals surface area contributed by atoms with Gasteiger partial charge in [-0.3, -0.25) is 0 Å². The zero-order valence-electron chi connectivity index (χ0n) is 19.8. The normalized spacial score (nSPS) is 45.4. The highest BCUT2D eigenvalue weighted by molar-refractivity contribution is 5.16. The van der Waals surface area contributed by atoms with E-state index in [1.54, 1.807) is 6.42 Å². The van der Waals surface area contributed by atoms with Gasteiger partial charge in [0.05, 0.1) is 6.33 Å². The highest BCUT2D eigenvalue weighted by Gasteiger charge is 2.60. The van der Waals surface area contributed by atoms with Crippen LogP contribution in [0.1, 0.15) is 91.4 Å². The van der Waals surface area contributed by atoms with Crippen LogP contribution in [-0.2, 0) is 6.54 Å². The molecule has 4 aliphatic carbocycles. The second-order valence-electron chi connectivity index (χ2n) is 12.2. The van der Waals surface area contributed by atoms with Crippen LogP contribution in [0.25, 0.3) is 0 Å². The molecule has 0 radical (unpaired) electrons. The first-order valence-electron chi connectivity index (χ1n) is 13.1. The summed E-state index contributed by atoms with van der Waals surface area (Å²) in [5.41, 5.74) is 2.58. The third-order valence-electron chi connectivity index (χ3n) is 10.9. The van der Waals surface area contributed by atoms with Gasteiger partial charge < -0.3 is 4.57 Å². The first-order valence-corrected chi connectivity index (χ1v) is 13.1. The molecule has 166 valence electrons. The van der Waals surface area contributed by atoms with Crippen molar-refractivity contribution in [2.75, 3.05) is 0 Å². The maximum atomic E-state index is 4.61. The molecule has 2 nitrogen and oxygen atoms in total. The van der Waals surface area contributed by atoms with E-state index in [9.17, 15) is 0 Å². The van der Waals surface area contributed by atoms with Crippen LogP contribution < -0.4 is 0 Å². The second-order valence-corrected chi connectivity index (χ2v) is 12.2. The van der Waals surface area contributed by atoms with Crippen LogP contribution >= 0.6 is 0 Å². The number of allylic oxidation sites excluding steroid dienone is 1. The molecule has 30 heavy (non-hydrogen) atoms. The number of nitrogens with zero attached hydrogens (tertiary/aromatic N) is 2. The molecule has 8 unspecified atom stereocenters. The Labute approximate surface area is 184 Å². The summed E-state index contributed by atoms with van der Waals surface area (Å²) in [7, 11) is 0. The van der Waals surface area contributed by atoms with Crippen LogP contribution in [0.15, 0.2) is 30.9 Å². The lowest BCUT2D eigenvalue weighted by Gasteiger charge is -2.61. The Balaban J connectivity index is 1.32. The minimum absolute atomic E-state index is 0.488. The Morgan fingerprint density at radius 1 is 1.03 bits per heavy atom. The van der Waals surface area contributed by atoms with Gasteiger partial charge >= 0.3 is 0 Å². The van der Waals surface area contributed by atoms with E-state index in [-0.39, 0.29) is 0 Å². The Bertz CT molecular complexity index is 751. The molecule has 2 heteroatoms. The third-order valence-corrected chi connectivity index (χ3v) is 10.9. The number of aromatic nitrogens is 2. The third kappa shape index (κ3) is 3.23. The first kappa shape index (κ1) is 20.8. The molecule has 4 aliphatic rings. The number of hydrogen-bond acceptors (Lipinski definition) is 1. The molecule has 1 aromatic rings. The molecule has 5 rings (SSSR count). The molecule has 0 amide bonds. The monoisotopic (exact) mass is 408 g/mol. The van der Waals surface area contributed by atoms with Gasteiger partial charge in [-0.2, -0.15) is 0 Å². The van der Waals surface area contributed by atoms with Gasteiger partial charge in [-0.05, 0) is 104 Å². The molecular formula is C28H44N2. The fraction of sp³-hybridized carbons (Fsp3) is 0.821. The molecule has 0 aromatic carbocycles. The molecule has 4 fully saturated rings. The van der Waals surface area contributed by atoms with Gasteiger partial charge in [0.15, 0.2) is 0 Å². The van der Waals surface area contributed by atoms with Crippen LogP contribution in [-0.4, -0.2) is 9.55 Å². The van der Waals surface area contributed by atoms with E-state index in [4.69, 9.17) is 0 Å². The highest BCUT2D eigenvalue weighted by atomic mass is 15.0. The fourth-order valence-electron chi connectivity index (χ4n) is 9.41. The highest BCUT2D eigenvalue weighted by Crippen LogP contribution is 2.68. The predicted molar refractivity (Wildman–Crippen MR) is 125 cm³/mol. The zero-order chi connectivity index (χ0) is 20.9. The molecule has 0 saturated heterocycles. The first-order chi connectivity index (χ1) is 14.5. The molecule has 0 spiro atoms. The summed E-state index contributed by atoms with van der Waals surface area (Å²) in [5, 5.41) is 0. The number of imidazole rings is 1. The van der Waals surface area contributed by atoms with Crippen LogP contribution in [0, 0.1) is 46.3 Å². The Hall–Kier alpha value is -1.05. The lowest BCUT2D eigenvalue weighted by atomic mass is 9.44. The molecule has 8 atom stereocenters. The van der Waals surface area contributed by atoms with Crippen molar-refractivity contribution in [3.8, 4) is 0 Å². The van der Waals surface area contributed by atoms with E-state index in [0.29, 0.717) is 16.7 Å². The van der Waals surface area contributed by atoms with Crippen LogP contribution in [0.2, 0.25) is 0 Å². The van der Waals surface area contributed by atoms with Crippen molar-refractivity contribution < 1.29 is 0 Å². The van der Waals surface area contributed by atoms with Crippen LogP contribution in [0.5, 0.6) is 0 Å². The minimum Gasteiger partial charge on any atom is -0.333 e. The minimum atomic E-state index is 0.488. The molecule has 0 aliphatic heterocycles. The summed E-state index contributed by atoms with van der Waals surface area (Å²) in [6.07, 6.45) is 22.1. The van der Waals surface area contributed by atoms with E-state index in [1.807, 2.05) is 12.5 Å². The van der Waals surface area contributed by atoms with Crippen molar-refractivity contribution in [1.82, 2.24) is 9.55 Å². The molecule has 0 bridgehead atoms. The summed E-state index contributed by atoms with van der Waals surface area (Å²) in [4.78, 5) is 4.24. The number of rotatable bonds is 5. The van der Waals surface area contributed by atoms with Gasteiger partial charge in [0, 0.05) is 18.9 Å². The summed E-state index contributed by atoms with van der Waals surface area (Å²) >= 11 is 0. The topological polar surface area (TPSA) is 17.8 Å². The largest absolute Gasteiger partial charge is 0.333 e. The van der Waals surface area contributed by atoms with Crippen LogP contribution in [0.4, 0.5) is 0 Å². The van der Waals surface area contributed by atoms with Gasteiger partial charge in [0.25, 0.3) is 0 Å². The van der Waals surface area contributed by atoms with E-state index < -0.39 is 0 Å². The number of hydrogen-bond donors (Lipinski definition) is 0. The predicted octanol–water partition coefficient (Wildman–Crippen LogP) is 7.51. The molecule has 0 N–H and O–H groups in total. The van der Waals surface area contributed by atoms with Gasteiger partial charge in [-0.25, -0.2) is 4.98 Å². The van der Waals surface area contributed by atoms with Crippen molar-refractivity contribution in [1.29, 1.82) is 0 Å². The summed E-state index contributed by atoms with van der Waals surface area (Å²) in [5.74, 6) is 5.67. The van der Waals surface area contributed by atoms with E-state index >= 15 is 0 Å². The van der Waals surface area contributed by atoms with Crippen molar-refractivity contribution >= 4 is 0 Å². The zero-order valence-corrected chi connectivity index (χ0v) is 19.8. The standard InChI is InChI=1S/C28H44N2/c1-5-6-21-11-13-27(3)22(17-21)7-8-23-25-10-9-24(28(25,4)14-12-26(23)27)20(2)18-30-16-15-29-19-30/h15-16,19,21-26H,2,5-14,17-18H2,1,3-4H3. The van der Waals surface area contributed by atoms with Crippen molar-refractivity contribution in [2.45, 2.75) is 97.9 Å². The number of fused-ring (bicyclic) bond motifs is 5. The van der Waals surface area contributed by atoms with E-state index in [0.717, 1.165) is 36.1 Å². The molecule has 4 saturated carbocycles. The SMILES string of the molecule is C=C(Cn1ccnc1)C1CCC2C3CCC4CC(CCC)CCC4(C)C3CCC12C. The lowest BCUT2D eigenvalue weighted by molar-refractivity contribution is -0.116. The maximum absolute atomic E-state index is 4.61. The summed E-state index contributed by atoms with van der Waals surface area (Å²) in [6.45, 7) is 13.3. The average molecular weight is 409 g/mol. The van der Waals surface area contributed by atoms with E-state index in [2.05, 4.69) is 43.1 Å². The maximum Gasteiger partial charge on any atom is 0.0948 e. The molecule has 1 aromatic heterocycles.